The predicted octanol–water partition coefficient (Wildman–Crippen LogP) is 7.86. The fourth-order valence-corrected chi connectivity index (χ4v) is 5.52. The molecule has 2 aliphatic rings. The van der Waals surface area contributed by atoms with E-state index in [1.165, 1.54) is 18.2 Å². The Morgan fingerprint density at radius 3 is 2.32 bits per heavy atom. The second kappa shape index (κ2) is 11.8. The van der Waals surface area contributed by atoms with Gasteiger partial charge in [-0.05, 0) is 66.3 Å². The van der Waals surface area contributed by atoms with Crippen LogP contribution in [0.3, 0.4) is 0 Å². The molecule has 1 N–H and O–H groups in total. The number of alkyl halides is 3. The van der Waals surface area contributed by atoms with E-state index in [4.69, 9.17) is 4.74 Å². The molecule has 1 amide bonds. The summed E-state index contributed by atoms with van der Waals surface area (Å²) in [6, 6.07) is 17.3. The topological polar surface area (TPSA) is 58.6 Å². The van der Waals surface area contributed by atoms with E-state index >= 15 is 0 Å². The van der Waals surface area contributed by atoms with Crippen LogP contribution in [0, 0.1) is 5.82 Å². The lowest BCUT2D eigenvalue weighted by molar-refractivity contribution is -0.170. The molecule has 1 aliphatic heterocycles. The number of unbranched alkanes of at least 4 members (excludes halogenated alkanes) is 2. The number of ether oxygens (including phenoxy) is 1. The molecule has 0 fully saturated rings. The number of Topliss-reactive ketones (excluding diaryl/α,β-unsaturated/α-hetero) is 1. The van der Waals surface area contributed by atoms with Gasteiger partial charge in [-0.2, -0.15) is 13.2 Å². The minimum absolute atomic E-state index is 0.00562. The number of ketones is 1. The summed E-state index contributed by atoms with van der Waals surface area (Å²) in [6.45, 7) is 2.59. The molecule has 1 aliphatic carbocycles. The Balaban J connectivity index is 1.62. The molecule has 3 aromatic carbocycles. The number of nitrogens with one attached hydrogen (secondary N) is 1. The standard InChI is InChI=1S/C32H30F4N2O3/c1-2-3-6-17-41-24-15-11-21(12-16-24)30-29-26(18-22(19-28(29)39)20-9-13-23(33)14-10-20)37-25-7-4-5-8-27(25)38(30)31(40)32(34,35)36/h4-5,7-16,22,30,37H,2-3,6,17-19H2,1H3/t22-,30+/m1/s1. The zero-order valence-electron chi connectivity index (χ0n) is 22.5. The third kappa shape index (κ3) is 5.99. The number of halogens is 4. The summed E-state index contributed by atoms with van der Waals surface area (Å²) in [7, 11) is 0. The van der Waals surface area contributed by atoms with E-state index in [0.29, 0.717) is 34.9 Å². The molecule has 41 heavy (non-hydrogen) atoms. The Kier molecular flexibility index (Phi) is 8.15. The summed E-state index contributed by atoms with van der Waals surface area (Å²) in [5.74, 6) is -2.63. The molecule has 5 nitrogen and oxygen atoms in total. The lowest BCUT2D eigenvalue weighted by atomic mass is 9.78. The maximum absolute atomic E-state index is 14.1. The lowest BCUT2D eigenvalue weighted by Crippen LogP contribution is -2.45. The van der Waals surface area contributed by atoms with Crippen LogP contribution < -0.4 is 15.0 Å². The van der Waals surface area contributed by atoms with Gasteiger partial charge in [0.15, 0.2) is 5.78 Å². The first-order valence-corrected chi connectivity index (χ1v) is 13.7. The number of para-hydroxylation sites is 2. The highest BCUT2D eigenvalue weighted by Crippen LogP contribution is 2.48. The van der Waals surface area contributed by atoms with Crippen LogP contribution in [0.15, 0.2) is 84.1 Å². The summed E-state index contributed by atoms with van der Waals surface area (Å²) >= 11 is 0. The molecule has 0 saturated carbocycles. The lowest BCUT2D eigenvalue weighted by Gasteiger charge is -2.35. The van der Waals surface area contributed by atoms with E-state index < -0.39 is 23.9 Å². The van der Waals surface area contributed by atoms with Crippen molar-refractivity contribution in [1.29, 1.82) is 0 Å². The van der Waals surface area contributed by atoms with Crippen LogP contribution in [0.25, 0.3) is 0 Å². The van der Waals surface area contributed by atoms with Crippen LogP contribution >= 0.6 is 0 Å². The van der Waals surface area contributed by atoms with E-state index in [-0.39, 0.29) is 35.1 Å². The smallest absolute Gasteiger partial charge is 0.471 e. The molecular weight excluding hydrogens is 536 g/mol. The van der Waals surface area contributed by atoms with Gasteiger partial charge >= 0.3 is 12.1 Å². The minimum Gasteiger partial charge on any atom is -0.494 e. The molecule has 5 rings (SSSR count). The third-order valence-corrected chi connectivity index (χ3v) is 7.50. The van der Waals surface area contributed by atoms with Crippen LogP contribution in [-0.2, 0) is 9.59 Å². The quantitative estimate of drug-likeness (QED) is 0.234. The molecule has 0 unspecified atom stereocenters. The fourth-order valence-electron chi connectivity index (χ4n) is 5.52. The largest absolute Gasteiger partial charge is 0.494 e. The van der Waals surface area contributed by atoms with E-state index in [1.54, 1.807) is 54.6 Å². The number of amides is 1. The van der Waals surface area contributed by atoms with Crippen LogP contribution in [0.4, 0.5) is 28.9 Å². The van der Waals surface area contributed by atoms with Gasteiger partial charge in [-0.25, -0.2) is 4.39 Å². The Morgan fingerprint density at radius 1 is 0.951 bits per heavy atom. The summed E-state index contributed by atoms with van der Waals surface area (Å²) < 4.78 is 61.6. The van der Waals surface area contributed by atoms with E-state index in [0.717, 1.165) is 24.8 Å². The van der Waals surface area contributed by atoms with Crippen LogP contribution in [-0.4, -0.2) is 24.5 Å². The molecule has 0 radical (unpaired) electrons. The number of hydrogen-bond donors (Lipinski definition) is 1. The van der Waals surface area contributed by atoms with Crippen molar-refractivity contribution in [2.75, 3.05) is 16.8 Å². The Hall–Kier alpha value is -4.14. The number of nitrogens with zero attached hydrogens (tertiary/aromatic N) is 1. The average Bonchev–Trinajstić information content (AvgIpc) is 3.10. The second-order valence-electron chi connectivity index (χ2n) is 10.3. The number of rotatable bonds is 7. The number of carbonyl (C=O) groups is 2. The van der Waals surface area contributed by atoms with Crippen molar-refractivity contribution >= 4 is 23.1 Å². The maximum atomic E-state index is 14.1. The van der Waals surface area contributed by atoms with Crippen molar-refractivity contribution in [1.82, 2.24) is 0 Å². The van der Waals surface area contributed by atoms with Gasteiger partial charge in [-0.15, -0.1) is 0 Å². The van der Waals surface area contributed by atoms with Crippen LogP contribution in [0.5, 0.6) is 5.75 Å². The van der Waals surface area contributed by atoms with Crippen molar-refractivity contribution in [3.05, 3.63) is 101 Å². The fraction of sp³-hybridized carbons (Fsp3) is 0.312. The SMILES string of the molecule is CCCCCOc1ccc([C@H]2C3=C(C[C@@H](c4ccc(F)cc4)CC3=O)Nc3ccccc3N2C(=O)C(F)(F)F)cc1. The van der Waals surface area contributed by atoms with Gasteiger partial charge in [0.1, 0.15) is 11.6 Å². The van der Waals surface area contributed by atoms with Crippen molar-refractivity contribution in [3.63, 3.8) is 0 Å². The number of fused-ring (bicyclic) bond motifs is 1. The van der Waals surface area contributed by atoms with Gasteiger partial charge in [0, 0.05) is 17.7 Å². The number of benzene rings is 3. The van der Waals surface area contributed by atoms with Crippen molar-refractivity contribution in [2.24, 2.45) is 0 Å². The van der Waals surface area contributed by atoms with Gasteiger partial charge < -0.3 is 10.1 Å². The first-order valence-electron chi connectivity index (χ1n) is 13.7. The molecular formula is C32H30F4N2O3. The van der Waals surface area contributed by atoms with Gasteiger partial charge in [0.25, 0.3) is 0 Å². The van der Waals surface area contributed by atoms with E-state index in [1.807, 2.05) is 0 Å². The van der Waals surface area contributed by atoms with Crippen LogP contribution in [0.2, 0.25) is 0 Å². The molecule has 9 heteroatoms. The first kappa shape index (κ1) is 28.4. The second-order valence-corrected chi connectivity index (χ2v) is 10.3. The van der Waals surface area contributed by atoms with Gasteiger partial charge in [-0.1, -0.05) is 56.2 Å². The maximum Gasteiger partial charge on any atom is 0.471 e. The van der Waals surface area contributed by atoms with Crippen molar-refractivity contribution < 1.29 is 31.9 Å². The summed E-state index contributed by atoms with van der Waals surface area (Å²) in [5, 5.41) is 3.19. The zero-order chi connectivity index (χ0) is 29.1. The molecule has 0 aromatic heterocycles. The van der Waals surface area contributed by atoms with Crippen molar-refractivity contribution in [3.8, 4) is 5.75 Å². The highest BCUT2D eigenvalue weighted by molar-refractivity contribution is 6.07. The summed E-state index contributed by atoms with van der Waals surface area (Å²) in [4.78, 5) is 27.6. The van der Waals surface area contributed by atoms with E-state index in [9.17, 15) is 27.2 Å². The van der Waals surface area contributed by atoms with Gasteiger partial charge in [0.05, 0.1) is 24.0 Å². The average molecular weight is 567 g/mol. The highest BCUT2D eigenvalue weighted by Gasteiger charge is 2.50. The zero-order valence-corrected chi connectivity index (χ0v) is 22.5. The third-order valence-electron chi connectivity index (χ3n) is 7.50. The monoisotopic (exact) mass is 566 g/mol. The van der Waals surface area contributed by atoms with Crippen LogP contribution in [0.1, 0.15) is 62.1 Å². The van der Waals surface area contributed by atoms with E-state index in [2.05, 4.69) is 12.2 Å². The highest BCUT2D eigenvalue weighted by atomic mass is 19.4. The normalized spacial score (nSPS) is 18.8. The first-order chi connectivity index (χ1) is 19.7. The van der Waals surface area contributed by atoms with Gasteiger partial charge in [0.2, 0.25) is 0 Å². The van der Waals surface area contributed by atoms with Gasteiger partial charge in [-0.3, -0.25) is 14.5 Å². The molecule has 3 aromatic rings. The summed E-state index contributed by atoms with van der Waals surface area (Å²) in [5.41, 5.74) is 1.93. The minimum atomic E-state index is -5.19. The number of hydrogen-bond acceptors (Lipinski definition) is 4. The molecule has 1 heterocycles. The number of allylic oxidation sites excluding steroid dienone is 1. The Labute approximate surface area is 235 Å². The Bertz CT molecular complexity index is 1450. The Morgan fingerprint density at radius 2 is 1.63 bits per heavy atom. The number of carbonyl (C=O) groups excluding carboxylic acids is 2. The van der Waals surface area contributed by atoms with Crippen molar-refractivity contribution in [2.45, 2.75) is 57.2 Å². The molecule has 2 atom stereocenters. The predicted molar refractivity (Wildman–Crippen MR) is 148 cm³/mol. The summed E-state index contributed by atoms with van der Waals surface area (Å²) in [6.07, 6.45) is -1.96. The number of anilines is 2. The molecule has 0 bridgehead atoms. The molecule has 0 saturated heterocycles. The molecule has 0 spiro atoms. The molecule has 214 valence electrons.